The Bertz CT molecular complexity index is 612. The third kappa shape index (κ3) is 23.7. The molecule has 0 rings (SSSR count). The number of phosphoric acid groups is 1. The van der Waals surface area contributed by atoms with Crippen molar-refractivity contribution < 1.29 is 60.4 Å². The molecule has 2 atom stereocenters. The standard InChI is InChI=1S/C13H29O4P.C8H20O5P2S2.Zn/c1-5-7-8-13(6-2)11-17-18(14,15)16-10-9-12(3)4;1-5-9-14(16,10-6-2)13-15(17,11-7-3)12-8-4;/h12-13H,5-11H2,1-4H3,(H,14,15);5-8H2,1-4H3;. The molecule has 0 saturated heterocycles. The molecule has 216 valence electrons. The maximum Gasteiger partial charge on any atom is 0.472 e. The van der Waals surface area contributed by atoms with Crippen LogP contribution in [0.2, 0.25) is 0 Å². The Morgan fingerprint density at radius 2 is 1.19 bits per heavy atom. The second kappa shape index (κ2) is 24.6. The van der Waals surface area contributed by atoms with Crippen molar-refractivity contribution in [3.8, 4) is 0 Å². The summed E-state index contributed by atoms with van der Waals surface area (Å²) in [5.41, 5.74) is 0. The molecule has 9 nitrogen and oxygen atoms in total. The molecule has 0 bridgehead atoms. The van der Waals surface area contributed by atoms with Gasteiger partial charge in [-0.3, -0.25) is 9.05 Å². The summed E-state index contributed by atoms with van der Waals surface area (Å²) in [6, 6.07) is 0. The van der Waals surface area contributed by atoms with Gasteiger partial charge in [-0.25, -0.2) is 8.88 Å². The summed E-state index contributed by atoms with van der Waals surface area (Å²) in [7, 11) is -3.85. The van der Waals surface area contributed by atoms with Crippen molar-refractivity contribution in [3.05, 3.63) is 0 Å². The first-order chi connectivity index (χ1) is 16.4. The summed E-state index contributed by atoms with van der Waals surface area (Å²) in [4.78, 5) is 9.51. The zero-order chi connectivity index (χ0) is 27.4. The molecule has 0 saturated carbocycles. The van der Waals surface area contributed by atoms with E-state index in [1.54, 1.807) is 0 Å². The van der Waals surface area contributed by atoms with Crippen LogP contribution < -0.4 is 0 Å². The van der Waals surface area contributed by atoms with Crippen molar-refractivity contribution in [2.75, 3.05) is 39.6 Å². The topological polar surface area (TPSA) is 102 Å². The van der Waals surface area contributed by atoms with E-state index >= 15 is 0 Å². The first-order valence-corrected chi connectivity index (χ1v) is 19.1. The third-order valence-electron chi connectivity index (χ3n) is 4.32. The van der Waals surface area contributed by atoms with E-state index in [1.165, 1.54) is 0 Å². The molecule has 36 heavy (non-hydrogen) atoms. The Morgan fingerprint density at radius 1 is 0.750 bits per heavy atom. The van der Waals surface area contributed by atoms with Crippen LogP contribution in [-0.4, -0.2) is 44.5 Å². The van der Waals surface area contributed by atoms with Gasteiger partial charge in [0.25, 0.3) is 0 Å². The average Bonchev–Trinajstić information content (AvgIpc) is 2.74. The SMILES string of the molecule is CCCCC(CC)COP(=O)(O)OCCC(C)C.CCOP(=S)(OCC)OP(=S)(OCC)OCC.[Zn]. The normalized spacial score (nSPS) is 14.5. The molecule has 0 spiro atoms. The van der Waals surface area contributed by atoms with E-state index in [-0.39, 0.29) is 26.1 Å². The van der Waals surface area contributed by atoms with E-state index < -0.39 is 21.3 Å². The largest absolute Gasteiger partial charge is 0.472 e. The Hall–Kier alpha value is 1.83. The van der Waals surface area contributed by atoms with Gasteiger partial charge >= 0.3 is 21.3 Å². The first-order valence-electron chi connectivity index (χ1n) is 12.5. The zero-order valence-electron chi connectivity index (χ0n) is 23.5. The molecule has 0 heterocycles. The van der Waals surface area contributed by atoms with Gasteiger partial charge in [-0.05, 0) is 76.0 Å². The van der Waals surface area contributed by atoms with Gasteiger partial charge in [0.1, 0.15) is 0 Å². The first kappa shape index (κ1) is 42.3. The molecule has 0 aliphatic rings. The number of hydrogen-bond acceptors (Lipinski definition) is 10. The fraction of sp³-hybridized carbons (Fsp3) is 1.00. The van der Waals surface area contributed by atoms with Crippen LogP contribution in [0.15, 0.2) is 0 Å². The number of rotatable bonds is 21. The van der Waals surface area contributed by atoms with Crippen LogP contribution in [0.4, 0.5) is 0 Å². The van der Waals surface area contributed by atoms with E-state index in [0.29, 0.717) is 44.9 Å². The van der Waals surface area contributed by atoms with Crippen molar-refractivity contribution in [2.45, 2.75) is 87.5 Å². The average molecular weight is 668 g/mol. The van der Waals surface area contributed by atoms with Crippen molar-refractivity contribution in [3.63, 3.8) is 0 Å². The van der Waals surface area contributed by atoms with E-state index in [2.05, 4.69) is 13.8 Å². The summed E-state index contributed by atoms with van der Waals surface area (Å²) in [6.45, 7) is 12.0. The van der Waals surface area contributed by atoms with Crippen LogP contribution in [0.25, 0.3) is 0 Å². The minimum atomic E-state index is -3.85. The minimum absolute atomic E-state index is 0. The molecule has 0 aromatic rings. The van der Waals surface area contributed by atoms with E-state index in [9.17, 15) is 9.46 Å². The van der Waals surface area contributed by atoms with Crippen LogP contribution >= 0.6 is 21.3 Å². The van der Waals surface area contributed by atoms with E-state index in [1.807, 2.05) is 41.5 Å². The van der Waals surface area contributed by atoms with Crippen LogP contribution in [0.3, 0.4) is 0 Å². The van der Waals surface area contributed by atoms with Gasteiger partial charge in [0.05, 0.1) is 39.6 Å². The van der Waals surface area contributed by atoms with Gasteiger partial charge in [0, 0.05) is 19.5 Å². The molecule has 0 radical (unpaired) electrons. The molecule has 2 unspecified atom stereocenters. The molecule has 0 fully saturated rings. The summed E-state index contributed by atoms with van der Waals surface area (Å²) in [6.07, 6.45) is 5.04. The Balaban J connectivity index is -0.000000590. The van der Waals surface area contributed by atoms with Crippen molar-refractivity contribution in [1.29, 1.82) is 0 Å². The van der Waals surface area contributed by atoms with Gasteiger partial charge in [0.2, 0.25) is 0 Å². The van der Waals surface area contributed by atoms with Gasteiger partial charge in [-0.15, -0.1) is 0 Å². The molecule has 15 heteroatoms. The van der Waals surface area contributed by atoms with Gasteiger partial charge in [-0.1, -0.05) is 47.0 Å². The predicted molar refractivity (Wildman–Crippen MR) is 151 cm³/mol. The summed E-state index contributed by atoms with van der Waals surface area (Å²) >= 11 is 10.4. The van der Waals surface area contributed by atoms with Crippen LogP contribution in [0, 0.1) is 11.8 Å². The fourth-order valence-corrected chi connectivity index (χ4v) is 9.64. The molecule has 0 aromatic carbocycles. The van der Waals surface area contributed by atoms with E-state index in [0.717, 1.165) is 32.1 Å². The molecular weight excluding hydrogens is 619 g/mol. The zero-order valence-corrected chi connectivity index (χ0v) is 30.8. The smallest absolute Gasteiger partial charge is 0.309 e. The van der Waals surface area contributed by atoms with Crippen molar-refractivity contribution in [2.24, 2.45) is 11.8 Å². The van der Waals surface area contributed by atoms with Crippen LogP contribution in [0.5, 0.6) is 0 Å². The Morgan fingerprint density at radius 3 is 1.53 bits per heavy atom. The maximum atomic E-state index is 11.6. The van der Waals surface area contributed by atoms with Gasteiger partial charge in [0.15, 0.2) is 0 Å². The van der Waals surface area contributed by atoms with Crippen LogP contribution in [-0.2, 0) is 79.1 Å². The maximum absolute atomic E-state index is 11.6. The van der Waals surface area contributed by atoms with Crippen molar-refractivity contribution in [1.82, 2.24) is 0 Å². The summed E-state index contributed by atoms with van der Waals surface area (Å²) < 4.78 is 48.5. The Labute approximate surface area is 243 Å². The predicted octanol–water partition coefficient (Wildman–Crippen LogP) is 7.98. The second-order valence-electron chi connectivity index (χ2n) is 7.84. The molecule has 0 aliphatic heterocycles. The summed E-state index contributed by atoms with van der Waals surface area (Å²) in [5.74, 6) is 0.803. The second-order valence-corrected chi connectivity index (χ2v) is 15.5. The molecule has 1 N–H and O–H groups in total. The molecular formula is C21H49O9P3S2Zn. The van der Waals surface area contributed by atoms with Gasteiger partial charge in [-0.2, -0.15) is 0 Å². The minimum Gasteiger partial charge on any atom is -0.309 e. The molecule has 0 aliphatic carbocycles. The van der Waals surface area contributed by atoms with Crippen LogP contribution in [0.1, 0.15) is 87.5 Å². The fourth-order valence-electron chi connectivity index (χ4n) is 2.46. The van der Waals surface area contributed by atoms with Gasteiger partial charge < -0.3 is 23.0 Å². The molecule has 0 aromatic heterocycles. The summed E-state index contributed by atoms with van der Waals surface area (Å²) in [5, 5.41) is 0. The number of unbranched alkanes of at least 4 members (excludes halogenated alkanes) is 1. The van der Waals surface area contributed by atoms with Crippen molar-refractivity contribution >= 4 is 44.9 Å². The number of hydrogen-bond donors (Lipinski definition) is 1. The van der Waals surface area contributed by atoms with E-state index in [4.69, 9.17) is 55.1 Å². The quantitative estimate of drug-likeness (QED) is 0.0952. The third-order valence-corrected chi connectivity index (χ3v) is 11.7. The number of phosphoric ester groups is 1. The molecule has 0 amide bonds. The Kier molecular flexibility index (Phi) is 28.9. The monoisotopic (exact) mass is 666 g/mol.